The van der Waals surface area contributed by atoms with E-state index in [1.807, 2.05) is 25.5 Å². The Morgan fingerprint density at radius 2 is 2.24 bits per heavy atom. The minimum absolute atomic E-state index is 0.104. The van der Waals surface area contributed by atoms with Crippen molar-refractivity contribution < 1.29 is 4.79 Å². The predicted molar refractivity (Wildman–Crippen MR) is 84.6 cm³/mol. The molecule has 2 N–H and O–H groups in total. The Morgan fingerprint density at radius 1 is 1.48 bits per heavy atom. The Bertz CT molecular complexity index is 606. The number of hydrogen-bond donors (Lipinski definition) is 2. The molecule has 0 aliphatic rings. The van der Waals surface area contributed by atoms with Gasteiger partial charge in [-0.15, -0.1) is 11.3 Å². The van der Waals surface area contributed by atoms with Crippen LogP contribution in [0, 0.1) is 0 Å². The van der Waals surface area contributed by atoms with Crippen molar-refractivity contribution in [3.05, 3.63) is 29.0 Å². The molecule has 0 radical (unpaired) electrons. The van der Waals surface area contributed by atoms with Crippen LogP contribution in [0.25, 0.3) is 0 Å². The first kappa shape index (κ1) is 15.5. The molecule has 0 saturated heterocycles. The zero-order valence-electron chi connectivity index (χ0n) is 12.8. The van der Waals surface area contributed by atoms with E-state index in [9.17, 15) is 4.79 Å². The van der Waals surface area contributed by atoms with Gasteiger partial charge in [0.1, 0.15) is 0 Å². The van der Waals surface area contributed by atoms with Crippen LogP contribution in [0.15, 0.2) is 17.8 Å². The third-order valence-electron chi connectivity index (χ3n) is 3.43. The average molecular weight is 307 g/mol. The number of nitrogens with zero attached hydrogens (tertiary/aromatic N) is 3. The number of rotatable bonds is 5. The van der Waals surface area contributed by atoms with E-state index in [2.05, 4.69) is 34.6 Å². The van der Waals surface area contributed by atoms with E-state index in [1.165, 1.54) is 11.3 Å². The summed E-state index contributed by atoms with van der Waals surface area (Å²) < 4.78 is 1.71. The third kappa shape index (κ3) is 4.04. The molecule has 2 amide bonds. The van der Waals surface area contributed by atoms with Gasteiger partial charge < -0.3 is 5.32 Å². The van der Waals surface area contributed by atoms with Crippen LogP contribution in [0.1, 0.15) is 50.4 Å². The molecule has 0 bridgehead atoms. The van der Waals surface area contributed by atoms with E-state index in [0.717, 1.165) is 17.7 Å². The molecular formula is C14H21N5OS. The average Bonchev–Trinajstić information content (AvgIpc) is 3.07. The zero-order valence-corrected chi connectivity index (χ0v) is 13.6. The van der Waals surface area contributed by atoms with Gasteiger partial charge in [0.15, 0.2) is 5.13 Å². The number of nitrogens with one attached hydrogen (secondary N) is 2. The van der Waals surface area contributed by atoms with Crippen molar-refractivity contribution in [3.8, 4) is 0 Å². The highest BCUT2D eigenvalue weighted by molar-refractivity contribution is 7.13. The van der Waals surface area contributed by atoms with Gasteiger partial charge in [0.25, 0.3) is 0 Å². The van der Waals surface area contributed by atoms with Gasteiger partial charge in [-0.3, -0.25) is 10.00 Å². The Morgan fingerprint density at radius 3 is 2.86 bits per heavy atom. The number of amides is 2. The molecule has 2 atom stereocenters. The van der Waals surface area contributed by atoms with Gasteiger partial charge in [-0.1, -0.05) is 13.8 Å². The monoisotopic (exact) mass is 307 g/mol. The molecule has 0 unspecified atom stereocenters. The van der Waals surface area contributed by atoms with E-state index < -0.39 is 0 Å². The van der Waals surface area contributed by atoms with Crippen LogP contribution in [0.2, 0.25) is 0 Å². The lowest BCUT2D eigenvalue weighted by Crippen LogP contribution is -2.31. The second-order valence-electron chi connectivity index (χ2n) is 5.15. The van der Waals surface area contributed by atoms with Crippen LogP contribution >= 0.6 is 11.3 Å². The first-order valence-corrected chi connectivity index (χ1v) is 7.89. The Hall–Kier alpha value is -1.89. The Labute approximate surface area is 128 Å². The standard InChI is InChI=1S/C14H21N5OS/c1-5-9(2)12-8-21-14(17-12)18-13(20)16-10(3)11-6-15-19(4)7-11/h6-10H,5H2,1-4H3,(H2,16,17,18,20)/t9-,10+/m0/s1. The Balaban J connectivity index is 1.91. The molecule has 2 aromatic heterocycles. The predicted octanol–water partition coefficient (Wildman–Crippen LogP) is 3.27. The van der Waals surface area contributed by atoms with Crippen molar-refractivity contribution in [2.45, 2.75) is 39.2 Å². The van der Waals surface area contributed by atoms with E-state index in [-0.39, 0.29) is 12.1 Å². The first-order valence-electron chi connectivity index (χ1n) is 7.01. The minimum atomic E-state index is -0.253. The summed E-state index contributed by atoms with van der Waals surface area (Å²) in [5.41, 5.74) is 1.99. The van der Waals surface area contributed by atoms with Gasteiger partial charge in [0.2, 0.25) is 0 Å². The normalized spacial score (nSPS) is 13.7. The van der Waals surface area contributed by atoms with Crippen LogP contribution in [-0.2, 0) is 7.05 Å². The summed E-state index contributed by atoms with van der Waals surface area (Å²) in [6.45, 7) is 6.17. The van der Waals surface area contributed by atoms with Crippen molar-refractivity contribution in [3.63, 3.8) is 0 Å². The lowest BCUT2D eigenvalue weighted by molar-refractivity contribution is 0.249. The molecule has 114 valence electrons. The third-order valence-corrected chi connectivity index (χ3v) is 4.21. The second-order valence-corrected chi connectivity index (χ2v) is 6.01. The summed E-state index contributed by atoms with van der Waals surface area (Å²) in [7, 11) is 1.85. The van der Waals surface area contributed by atoms with Gasteiger partial charge >= 0.3 is 6.03 Å². The number of urea groups is 1. The number of carbonyl (C=O) groups excluding carboxylic acids is 1. The summed E-state index contributed by atoms with van der Waals surface area (Å²) in [6, 6.07) is -0.357. The highest BCUT2D eigenvalue weighted by Crippen LogP contribution is 2.23. The molecule has 21 heavy (non-hydrogen) atoms. The van der Waals surface area contributed by atoms with Crippen LogP contribution < -0.4 is 10.6 Å². The smallest absolute Gasteiger partial charge is 0.321 e. The number of carbonyl (C=O) groups is 1. The molecule has 2 heterocycles. The van der Waals surface area contributed by atoms with Crippen molar-refractivity contribution in [1.82, 2.24) is 20.1 Å². The molecule has 2 rings (SSSR count). The van der Waals surface area contributed by atoms with Gasteiger partial charge in [-0.05, 0) is 19.3 Å². The van der Waals surface area contributed by atoms with Crippen LogP contribution in [-0.4, -0.2) is 20.8 Å². The van der Waals surface area contributed by atoms with E-state index in [1.54, 1.807) is 10.9 Å². The van der Waals surface area contributed by atoms with Crippen molar-refractivity contribution in [1.29, 1.82) is 0 Å². The first-order chi connectivity index (χ1) is 9.99. The maximum Gasteiger partial charge on any atom is 0.321 e. The molecule has 0 aliphatic carbocycles. The van der Waals surface area contributed by atoms with Gasteiger partial charge in [-0.2, -0.15) is 5.10 Å². The van der Waals surface area contributed by atoms with E-state index in [4.69, 9.17) is 0 Å². The highest BCUT2D eigenvalue weighted by atomic mass is 32.1. The fourth-order valence-electron chi connectivity index (χ4n) is 1.86. The lowest BCUT2D eigenvalue weighted by atomic mass is 10.1. The van der Waals surface area contributed by atoms with Crippen LogP contribution in [0.3, 0.4) is 0 Å². The molecule has 7 heteroatoms. The Kier molecular flexibility index (Phi) is 4.95. The molecule has 2 aromatic rings. The maximum atomic E-state index is 12.0. The molecule has 6 nitrogen and oxygen atoms in total. The lowest BCUT2D eigenvalue weighted by Gasteiger charge is -2.11. The van der Waals surface area contributed by atoms with Crippen molar-refractivity contribution in [2.24, 2.45) is 7.05 Å². The number of hydrogen-bond acceptors (Lipinski definition) is 4. The summed E-state index contributed by atoms with van der Waals surface area (Å²) in [5, 5.41) is 12.4. The van der Waals surface area contributed by atoms with E-state index in [0.29, 0.717) is 11.0 Å². The molecular weight excluding hydrogens is 286 g/mol. The minimum Gasteiger partial charge on any atom is -0.331 e. The zero-order chi connectivity index (χ0) is 15.4. The van der Waals surface area contributed by atoms with Gasteiger partial charge in [0.05, 0.1) is 17.9 Å². The van der Waals surface area contributed by atoms with Gasteiger partial charge in [0, 0.05) is 24.2 Å². The summed E-state index contributed by atoms with van der Waals surface area (Å²) >= 11 is 1.45. The second kappa shape index (κ2) is 6.71. The molecule has 0 aliphatic heterocycles. The van der Waals surface area contributed by atoms with Crippen LogP contribution in [0.5, 0.6) is 0 Å². The molecule has 0 saturated carbocycles. The topological polar surface area (TPSA) is 71.8 Å². The molecule has 0 fully saturated rings. The number of aromatic nitrogens is 3. The highest BCUT2D eigenvalue weighted by Gasteiger charge is 2.13. The molecule has 0 spiro atoms. The van der Waals surface area contributed by atoms with Crippen molar-refractivity contribution in [2.75, 3.05) is 5.32 Å². The summed E-state index contributed by atoms with van der Waals surface area (Å²) in [6.07, 6.45) is 4.66. The van der Waals surface area contributed by atoms with Crippen molar-refractivity contribution >= 4 is 22.5 Å². The fraction of sp³-hybridized carbons (Fsp3) is 0.500. The van der Waals surface area contributed by atoms with E-state index >= 15 is 0 Å². The quantitative estimate of drug-likeness (QED) is 0.890. The number of thiazole rings is 1. The summed E-state index contributed by atoms with van der Waals surface area (Å²) in [4.78, 5) is 16.4. The largest absolute Gasteiger partial charge is 0.331 e. The summed E-state index contributed by atoms with van der Waals surface area (Å²) in [5.74, 6) is 0.411. The fourth-order valence-corrected chi connectivity index (χ4v) is 2.68. The molecule has 0 aromatic carbocycles. The SMILES string of the molecule is CC[C@H](C)c1csc(NC(=O)N[C@H](C)c2cnn(C)c2)n1. The number of aryl methyl sites for hydroxylation is 1. The van der Waals surface area contributed by atoms with Gasteiger partial charge in [-0.25, -0.2) is 9.78 Å². The van der Waals surface area contributed by atoms with Crippen LogP contribution in [0.4, 0.5) is 9.93 Å². The number of anilines is 1. The maximum absolute atomic E-state index is 12.0.